The average Bonchev–Trinajstić information content (AvgIpc) is 2.33. The molecule has 1 aromatic rings. The van der Waals surface area contributed by atoms with Gasteiger partial charge in [-0.05, 0) is 29.8 Å². The minimum absolute atomic E-state index is 0.102. The molecule has 0 spiro atoms. The molecule has 0 aromatic carbocycles. The number of carbonyl (C=O) groups excluding carboxylic acids is 1. The van der Waals surface area contributed by atoms with Crippen LogP contribution in [0, 0.1) is 0 Å². The van der Waals surface area contributed by atoms with Crippen LogP contribution in [-0.4, -0.2) is 15.2 Å². The van der Waals surface area contributed by atoms with Gasteiger partial charge in [-0.1, -0.05) is 27.3 Å². The number of aromatic nitrogens is 1. The summed E-state index contributed by atoms with van der Waals surface area (Å²) in [5.74, 6) is -0.102. The van der Waals surface area contributed by atoms with E-state index in [4.69, 9.17) is 0 Å². The lowest BCUT2D eigenvalue weighted by Crippen LogP contribution is -2.30. The maximum atomic E-state index is 11.4. The molecule has 0 aliphatic rings. The Labute approximate surface area is 97.2 Å². The van der Waals surface area contributed by atoms with Gasteiger partial charge in [-0.3, -0.25) is 4.79 Å². The van der Waals surface area contributed by atoms with E-state index >= 15 is 0 Å². The van der Waals surface area contributed by atoms with Gasteiger partial charge < -0.3 is 5.32 Å². The predicted octanol–water partition coefficient (Wildman–Crippen LogP) is 3.02. The number of hydrogen-bond acceptors (Lipinski definition) is 3. The second kappa shape index (κ2) is 4.06. The number of alkyl halides is 1. The van der Waals surface area contributed by atoms with E-state index in [2.05, 4.69) is 42.2 Å². The zero-order valence-electron chi connectivity index (χ0n) is 7.10. The van der Waals surface area contributed by atoms with Crippen LogP contribution >= 0.6 is 43.2 Å². The van der Waals surface area contributed by atoms with Crippen LogP contribution in [0.5, 0.6) is 0 Å². The minimum atomic E-state index is -0.564. The van der Waals surface area contributed by atoms with Gasteiger partial charge >= 0.3 is 0 Å². The smallest absolute Gasteiger partial charge is 0.242 e. The average molecular weight is 328 g/mol. The Morgan fingerprint density at radius 3 is 2.69 bits per heavy atom. The number of amides is 1. The monoisotopic (exact) mass is 326 g/mol. The van der Waals surface area contributed by atoms with Gasteiger partial charge in [0.05, 0.1) is 14.3 Å². The molecule has 72 valence electrons. The van der Waals surface area contributed by atoms with E-state index in [9.17, 15) is 4.79 Å². The molecule has 1 aromatic heterocycles. The SMILES string of the molecule is CC(C)(Br)C(=O)Nc1ncc(Br)s1. The lowest BCUT2D eigenvalue weighted by atomic mass is 10.2. The first kappa shape index (κ1) is 11.1. The summed E-state index contributed by atoms with van der Waals surface area (Å²) in [5, 5.41) is 3.30. The molecule has 1 amide bonds. The van der Waals surface area contributed by atoms with Crippen molar-refractivity contribution in [2.75, 3.05) is 5.32 Å². The van der Waals surface area contributed by atoms with E-state index < -0.39 is 4.32 Å². The van der Waals surface area contributed by atoms with E-state index in [1.807, 2.05) is 0 Å². The maximum Gasteiger partial charge on any atom is 0.242 e. The van der Waals surface area contributed by atoms with Crippen molar-refractivity contribution < 1.29 is 4.79 Å². The van der Waals surface area contributed by atoms with Gasteiger partial charge in [-0.25, -0.2) is 4.98 Å². The third-order valence-corrected chi connectivity index (χ3v) is 2.99. The van der Waals surface area contributed by atoms with Crippen LogP contribution in [0.3, 0.4) is 0 Å². The summed E-state index contributed by atoms with van der Waals surface area (Å²) in [5.41, 5.74) is 0. The van der Waals surface area contributed by atoms with Gasteiger partial charge in [0, 0.05) is 0 Å². The van der Waals surface area contributed by atoms with Crippen LogP contribution in [0.15, 0.2) is 9.98 Å². The maximum absolute atomic E-state index is 11.4. The summed E-state index contributed by atoms with van der Waals surface area (Å²) in [7, 11) is 0. The Balaban J connectivity index is 2.65. The van der Waals surface area contributed by atoms with Crippen molar-refractivity contribution in [2.24, 2.45) is 0 Å². The molecule has 0 saturated heterocycles. The molecule has 13 heavy (non-hydrogen) atoms. The second-order valence-electron chi connectivity index (χ2n) is 2.90. The van der Waals surface area contributed by atoms with Gasteiger partial charge in [0.1, 0.15) is 0 Å². The fourth-order valence-corrected chi connectivity index (χ4v) is 1.76. The predicted molar refractivity (Wildman–Crippen MR) is 61.4 cm³/mol. The molecule has 1 rings (SSSR count). The van der Waals surface area contributed by atoms with Crippen molar-refractivity contribution in [1.29, 1.82) is 0 Å². The number of halogens is 2. The van der Waals surface area contributed by atoms with E-state index in [1.165, 1.54) is 11.3 Å². The van der Waals surface area contributed by atoms with E-state index in [0.29, 0.717) is 5.13 Å². The topological polar surface area (TPSA) is 42.0 Å². The van der Waals surface area contributed by atoms with Gasteiger partial charge in [0.15, 0.2) is 5.13 Å². The fourth-order valence-electron chi connectivity index (χ4n) is 0.558. The first-order valence-corrected chi connectivity index (χ1v) is 5.91. The van der Waals surface area contributed by atoms with Gasteiger partial charge in [0.25, 0.3) is 0 Å². The van der Waals surface area contributed by atoms with Crippen LogP contribution < -0.4 is 5.32 Å². The Hall–Kier alpha value is 0.0600. The lowest BCUT2D eigenvalue weighted by molar-refractivity contribution is -0.117. The molecule has 1 heterocycles. The minimum Gasteiger partial charge on any atom is -0.301 e. The number of carbonyl (C=O) groups is 1. The number of rotatable bonds is 2. The molecule has 1 N–H and O–H groups in total. The summed E-state index contributed by atoms with van der Waals surface area (Å²) >= 11 is 7.91. The molecule has 0 saturated carbocycles. The Kier molecular flexibility index (Phi) is 3.48. The normalized spacial score (nSPS) is 11.4. The number of thiazole rings is 1. The largest absolute Gasteiger partial charge is 0.301 e. The summed E-state index contributed by atoms with van der Waals surface area (Å²) in [6.07, 6.45) is 1.65. The highest BCUT2D eigenvalue weighted by molar-refractivity contribution is 9.11. The Morgan fingerprint density at radius 1 is 1.69 bits per heavy atom. The summed E-state index contributed by atoms with van der Waals surface area (Å²) in [4.78, 5) is 15.4. The molecule has 6 heteroatoms. The quantitative estimate of drug-likeness (QED) is 0.848. The lowest BCUT2D eigenvalue weighted by Gasteiger charge is -2.13. The third-order valence-electron chi connectivity index (χ3n) is 1.24. The highest BCUT2D eigenvalue weighted by atomic mass is 79.9. The fraction of sp³-hybridized carbons (Fsp3) is 0.429. The number of anilines is 1. The molecule has 0 aliphatic heterocycles. The van der Waals surface area contributed by atoms with Gasteiger partial charge in [-0.15, -0.1) is 0 Å². The van der Waals surface area contributed by atoms with Crippen LogP contribution in [0.4, 0.5) is 5.13 Å². The number of hydrogen-bond donors (Lipinski definition) is 1. The van der Waals surface area contributed by atoms with Crippen LogP contribution in [0.2, 0.25) is 0 Å². The number of nitrogens with one attached hydrogen (secondary N) is 1. The van der Waals surface area contributed by atoms with Crippen molar-refractivity contribution in [3.8, 4) is 0 Å². The Bertz CT molecular complexity index is 319. The highest BCUT2D eigenvalue weighted by Gasteiger charge is 2.24. The molecule has 3 nitrogen and oxygen atoms in total. The van der Waals surface area contributed by atoms with E-state index in [0.717, 1.165) is 3.79 Å². The second-order valence-corrected chi connectivity index (χ2v) is 7.29. The summed E-state index contributed by atoms with van der Waals surface area (Å²) in [6, 6.07) is 0. The molecule has 0 aliphatic carbocycles. The molecular formula is C7H8Br2N2OS. The molecular weight excluding hydrogens is 320 g/mol. The van der Waals surface area contributed by atoms with E-state index in [-0.39, 0.29) is 5.91 Å². The van der Waals surface area contributed by atoms with E-state index in [1.54, 1.807) is 20.0 Å². The van der Waals surface area contributed by atoms with Crippen molar-refractivity contribution in [2.45, 2.75) is 18.2 Å². The highest BCUT2D eigenvalue weighted by Crippen LogP contribution is 2.25. The molecule has 0 fully saturated rings. The zero-order valence-corrected chi connectivity index (χ0v) is 11.1. The van der Waals surface area contributed by atoms with Crippen LogP contribution in [-0.2, 0) is 4.79 Å². The van der Waals surface area contributed by atoms with Gasteiger partial charge in [-0.2, -0.15) is 0 Å². The van der Waals surface area contributed by atoms with Crippen molar-refractivity contribution in [3.05, 3.63) is 9.98 Å². The first-order valence-electron chi connectivity index (χ1n) is 3.51. The Morgan fingerprint density at radius 2 is 2.31 bits per heavy atom. The van der Waals surface area contributed by atoms with Gasteiger partial charge in [0.2, 0.25) is 5.91 Å². The molecule has 0 radical (unpaired) electrons. The van der Waals surface area contributed by atoms with Crippen LogP contribution in [0.1, 0.15) is 13.8 Å². The molecule has 0 atom stereocenters. The summed E-state index contributed by atoms with van der Waals surface area (Å²) < 4.78 is 0.334. The van der Waals surface area contributed by atoms with Crippen molar-refractivity contribution >= 4 is 54.2 Å². The third kappa shape index (κ3) is 3.36. The van der Waals surface area contributed by atoms with Crippen molar-refractivity contribution in [3.63, 3.8) is 0 Å². The van der Waals surface area contributed by atoms with Crippen LogP contribution in [0.25, 0.3) is 0 Å². The standard InChI is InChI=1S/C7H8Br2N2OS/c1-7(2,9)5(12)11-6-10-3-4(8)13-6/h3H,1-2H3,(H,10,11,12). The number of nitrogens with zero attached hydrogens (tertiary/aromatic N) is 1. The zero-order chi connectivity index (χ0) is 10.1. The molecule has 0 bridgehead atoms. The molecule has 0 unspecified atom stereocenters. The summed E-state index contributed by atoms with van der Waals surface area (Å²) in [6.45, 7) is 3.57. The van der Waals surface area contributed by atoms with Crippen molar-refractivity contribution in [1.82, 2.24) is 4.98 Å². The first-order chi connectivity index (χ1) is 5.89.